The topological polar surface area (TPSA) is 72.3 Å². The van der Waals surface area contributed by atoms with Gasteiger partial charge in [0.05, 0.1) is 18.1 Å². The number of carbonyl (C=O) groups is 1. The Morgan fingerprint density at radius 1 is 1.17 bits per heavy atom. The van der Waals surface area contributed by atoms with Crippen LogP contribution in [0.1, 0.15) is 71.9 Å². The van der Waals surface area contributed by atoms with Crippen molar-refractivity contribution < 1.29 is 9.53 Å². The number of nitrogens with zero attached hydrogens (tertiary/aromatic N) is 4. The number of aromatic nitrogens is 3. The lowest BCUT2D eigenvalue weighted by atomic mass is 9.62. The summed E-state index contributed by atoms with van der Waals surface area (Å²) < 4.78 is 7.62. The molecule has 6 rings (SSSR count). The lowest BCUT2D eigenvalue weighted by molar-refractivity contribution is -0.00695. The van der Waals surface area contributed by atoms with Gasteiger partial charge in [0.1, 0.15) is 12.2 Å². The molecule has 0 saturated heterocycles. The molecule has 7 nitrogen and oxygen atoms in total. The fraction of sp³-hybridized carbons (Fsp3) is 0.464. The van der Waals surface area contributed by atoms with E-state index in [2.05, 4.69) is 52.8 Å². The van der Waals surface area contributed by atoms with Gasteiger partial charge in [0.25, 0.3) is 5.91 Å². The number of fused-ring (bicyclic) bond motifs is 1. The van der Waals surface area contributed by atoms with Crippen LogP contribution in [0, 0.1) is 0 Å². The summed E-state index contributed by atoms with van der Waals surface area (Å²) in [6, 6.07) is 14.7. The molecule has 0 atom stereocenters. The minimum Gasteiger partial charge on any atom is -0.381 e. The van der Waals surface area contributed by atoms with Crippen molar-refractivity contribution in [3.63, 3.8) is 0 Å². The lowest BCUT2D eigenvalue weighted by Crippen LogP contribution is -2.48. The molecular formula is C28H33N5O2. The second-order valence-electron chi connectivity index (χ2n) is 10.8. The molecule has 3 aromatic rings. The molecule has 35 heavy (non-hydrogen) atoms. The normalized spacial score (nSPS) is 24.7. The van der Waals surface area contributed by atoms with Crippen LogP contribution in [0.15, 0.2) is 48.8 Å². The number of hydrogen-bond acceptors (Lipinski definition) is 5. The van der Waals surface area contributed by atoms with Crippen LogP contribution in [0.5, 0.6) is 0 Å². The fourth-order valence-corrected chi connectivity index (χ4v) is 5.99. The number of methoxy groups -OCH3 is 1. The molecule has 2 aliphatic carbocycles. The van der Waals surface area contributed by atoms with Gasteiger partial charge in [0.2, 0.25) is 0 Å². The molecule has 2 heterocycles. The van der Waals surface area contributed by atoms with Crippen molar-refractivity contribution in [2.45, 2.75) is 69.2 Å². The van der Waals surface area contributed by atoms with E-state index < -0.39 is 0 Å². The molecule has 182 valence electrons. The standard InChI is InChI=1S/C28H33N5O2/c1-27(10-5-11-27)29-16-19-8-9-20-17-33(25(34)24(20)12-19)22-7-4-6-21(13-22)28(14-23(15-28)35-3)26-31-30-18-32(26)2/h4,6-9,12-13,18,23,29H,5,10-11,14-17H2,1-3H3. The molecule has 0 spiro atoms. The molecule has 0 unspecified atom stereocenters. The third-order valence-corrected chi connectivity index (χ3v) is 8.49. The van der Waals surface area contributed by atoms with E-state index in [1.54, 1.807) is 13.4 Å². The number of amides is 1. The third kappa shape index (κ3) is 3.69. The first-order valence-electron chi connectivity index (χ1n) is 12.6. The van der Waals surface area contributed by atoms with E-state index in [4.69, 9.17) is 4.74 Å². The van der Waals surface area contributed by atoms with Crippen molar-refractivity contribution in [3.8, 4) is 0 Å². The Morgan fingerprint density at radius 2 is 2.00 bits per heavy atom. The summed E-state index contributed by atoms with van der Waals surface area (Å²) in [5.41, 5.74) is 5.15. The van der Waals surface area contributed by atoms with Crippen LogP contribution < -0.4 is 10.2 Å². The molecule has 2 aromatic carbocycles. The molecule has 1 N–H and O–H groups in total. The average Bonchev–Trinajstić information content (AvgIpc) is 3.39. The highest BCUT2D eigenvalue weighted by atomic mass is 16.5. The van der Waals surface area contributed by atoms with E-state index in [9.17, 15) is 4.79 Å². The highest BCUT2D eigenvalue weighted by Gasteiger charge is 2.50. The van der Waals surface area contributed by atoms with Gasteiger partial charge in [0, 0.05) is 37.5 Å². The third-order valence-electron chi connectivity index (χ3n) is 8.49. The Morgan fingerprint density at radius 3 is 2.69 bits per heavy atom. The molecule has 1 aromatic heterocycles. The van der Waals surface area contributed by atoms with Crippen LogP contribution in [-0.4, -0.2) is 39.4 Å². The Kier molecular flexibility index (Phi) is 5.31. The van der Waals surface area contributed by atoms with Crippen LogP contribution in [0.2, 0.25) is 0 Å². The maximum atomic E-state index is 13.5. The molecule has 2 fully saturated rings. The summed E-state index contributed by atoms with van der Waals surface area (Å²) in [6.45, 7) is 3.68. The molecule has 1 amide bonds. The van der Waals surface area contributed by atoms with E-state index in [0.717, 1.165) is 47.6 Å². The minimum atomic E-state index is -0.256. The molecule has 7 heteroatoms. The van der Waals surface area contributed by atoms with Crippen molar-refractivity contribution >= 4 is 11.6 Å². The van der Waals surface area contributed by atoms with Gasteiger partial charge in [-0.15, -0.1) is 10.2 Å². The first-order valence-corrected chi connectivity index (χ1v) is 12.6. The van der Waals surface area contributed by atoms with E-state index in [-0.39, 0.29) is 23.0 Å². The molecule has 0 bridgehead atoms. The average molecular weight is 472 g/mol. The van der Waals surface area contributed by atoms with Gasteiger partial charge in [-0.25, -0.2) is 0 Å². The number of ether oxygens (including phenoxy) is 1. The Hall–Kier alpha value is -3.03. The number of benzene rings is 2. The second-order valence-corrected chi connectivity index (χ2v) is 10.8. The molecule has 2 saturated carbocycles. The maximum absolute atomic E-state index is 13.5. The number of anilines is 1. The molecule has 1 aliphatic heterocycles. The number of hydrogen-bond donors (Lipinski definition) is 1. The number of rotatable bonds is 7. The van der Waals surface area contributed by atoms with E-state index in [1.807, 2.05) is 28.6 Å². The summed E-state index contributed by atoms with van der Waals surface area (Å²) in [4.78, 5) is 15.4. The number of carbonyl (C=O) groups excluding carboxylic acids is 1. The van der Waals surface area contributed by atoms with Gasteiger partial charge in [-0.2, -0.15) is 0 Å². The van der Waals surface area contributed by atoms with Crippen LogP contribution in [-0.2, 0) is 30.3 Å². The number of aryl methyl sites for hydroxylation is 1. The first-order chi connectivity index (χ1) is 16.9. The maximum Gasteiger partial charge on any atom is 0.258 e. The highest BCUT2D eigenvalue weighted by molar-refractivity contribution is 6.10. The Balaban J connectivity index is 1.26. The largest absolute Gasteiger partial charge is 0.381 e. The van der Waals surface area contributed by atoms with Gasteiger partial charge >= 0.3 is 0 Å². The van der Waals surface area contributed by atoms with Crippen LogP contribution in [0.3, 0.4) is 0 Å². The summed E-state index contributed by atoms with van der Waals surface area (Å²) in [7, 11) is 3.75. The van der Waals surface area contributed by atoms with Gasteiger partial charge in [0.15, 0.2) is 0 Å². The van der Waals surface area contributed by atoms with E-state index in [1.165, 1.54) is 24.8 Å². The molecule has 0 radical (unpaired) electrons. The zero-order valence-corrected chi connectivity index (χ0v) is 20.8. The predicted molar refractivity (Wildman–Crippen MR) is 134 cm³/mol. The SMILES string of the molecule is COC1CC(c2cccc(N3Cc4ccc(CNC5(C)CCC5)cc4C3=O)c2)(c2nncn2C)C1. The van der Waals surface area contributed by atoms with Crippen molar-refractivity contribution in [2.24, 2.45) is 7.05 Å². The summed E-state index contributed by atoms with van der Waals surface area (Å²) in [5, 5.41) is 12.3. The van der Waals surface area contributed by atoms with Crippen molar-refractivity contribution in [2.75, 3.05) is 12.0 Å². The summed E-state index contributed by atoms with van der Waals surface area (Å²) >= 11 is 0. The Labute approximate surface area is 206 Å². The second kappa shape index (κ2) is 8.28. The van der Waals surface area contributed by atoms with Gasteiger partial charge in [-0.05, 0) is 73.9 Å². The minimum absolute atomic E-state index is 0.0740. The van der Waals surface area contributed by atoms with E-state index in [0.29, 0.717) is 6.54 Å². The highest BCUT2D eigenvalue weighted by Crippen LogP contribution is 2.50. The van der Waals surface area contributed by atoms with Crippen LogP contribution in [0.25, 0.3) is 0 Å². The van der Waals surface area contributed by atoms with Gasteiger partial charge in [-0.3, -0.25) is 4.79 Å². The van der Waals surface area contributed by atoms with Crippen molar-refractivity contribution in [3.05, 3.63) is 76.9 Å². The summed E-state index contributed by atoms with van der Waals surface area (Å²) in [6.07, 6.45) is 7.39. The van der Waals surface area contributed by atoms with Crippen molar-refractivity contribution in [1.29, 1.82) is 0 Å². The quantitative estimate of drug-likeness (QED) is 0.562. The van der Waals surface area contributed by atoms with Gasteiger partial charge in [-0.1, -0.05) is 24.3 Å². The molecular weight excluding hydrogens is 438 g/mol. The van der Waals surface area contributed by atoms with Crippen LogP contribution >= 0.6 is 0 Å². The smallest absolute Gasteiger partial charge is 0.258 e. The van der Waals surface area contributed by atoms with Crippen LogP contribution in [0.4, 0.5) is 5.69 Å². The zero-order valence-electron chi connectivity index (χ0n) is 20.8. The van der Waals surface area contributed by atoms with Gasteiger partial charge < -0.3 is 19.5 Å². The predicted octanol–water partition coefficient (Wildman–Crippen LogP) is 4.10. The number of nitrogens with one attached hydrogen (secondary N) is 1. The summed E-state index contributed by atoms with van der Waals surface area (Å²) in [5.74, 6) is 1.02. The van der Waals surface area contributed by atoms with Crippen molar-refractivity contribution in [1.82, 2.24) is 20.1 Å². The lowest BCUT2D eigenvalue weighted by Gasteiger charge is -2.46. The zero-order chi connectivity index (χ0) is 24.2. The molecule has 3 aliphatic rings. The fourth-order valence-electron chi connectivity index (χ4n) is 5.99. The monoisotopic (exact) mass is 471 g/mol. The van der Waals surface area contributed by atoms with E-state index >= 15 is 0 Å². The Bertz CT molecular complexity index is 1270. The first kappa shape index (κ1) is 22.4.